The van der Waals surface area contributed by atoms with Crippen LogP contribution in [0.15, 0.2) is 37.0 Å². The van der Waals surface area contributed by atoms with Gasteiger partial charge in [0.15, 0.2) is 0 Å². The molecule has 1 aromatic rings. The first-order valence-corrected chi connectivity index (χ1v) is 3.31. The third-order valence-corrected chi connectivity index (χ3v) is 1.30. The zero-order valence-electron chi connectivity index (χ0n) is 6.17. The SMILES string of the molecule is C#Cc1cccc(NC=C)c1. The van der Waals surface area contributed by atoms with Crippen LogP contribution < -0.4 is 5.32 Å². The first-order valence-electron chi connectivity index (χ1n) is 3.31. The van der Waals surface area contributed by atoms with Crippen molar-refractivity contribution in [3.05, 3.63) is 42.6 Å². The normalized spacial score (nSPS) is 8.27. The van der Waals surface area contributed by atoms with Crippen LogP contribution in [0.25, 0.3) is 0 Å². The summed E-state index contributed by atoms with van der Waals surface area (Å²) in [6.45, 7) is 3.55. The second-order valence-electron chi connectivity index (χ2n) is 2.07. The van der Waals surface area contributed by atoms with Crippen LogP contribution in [0.2, 0.25) is 0 Å². The molecular formula is C10H9N. The lowest BCUT2D eigenvalue weighted by Crippen LogP contribution is -1.85. The lowest BCUT2D eigenvalue weighted by molar-refractivity contribution is 1.57. The molecule has 0 amide bonds. The van der Waals surface area contributed by atoms with Crippen LogP contribution in [0.3, 0.4) is 0 Å². The Morgan fingerprint density at radius 3 is 3.00 bits per heavy atom. The number of hydrogen-bond donors (Lipinski definition) is 1. The highest BCUT2D eigenvalue weighted by Gasteiger charge is 1.88. The molecule has 1 rings (SSSR count). The van der Waals surface area contributed by atoms with Crippen molar-refractivity contribution >= 4 is 5.69 Å². The molecule has 0 saturated heterocycles. The number of anilines is 1. The molecule has 0 atom stereocenters. The highest BCUT2D eigenvalue weighted by molar-refractivity contribution is 5.51. The van der Waals surface area contributed by atoms with Crippen LogP contribution >= 0.6 is 0 Å². The summed E-state index contributed by atoms with van der Waals surface area (Å²) in [5, 5.41) is 2.95. The fraction of sp³-hybridized carbons (Fsp3) is 0. The summed E-state index contributed by atoms with van der Waals surface area (Å²) in [5.41, 5.74) is 1.84. The topological polar surface area (TPSA) is 12.0 Å². The molecule has 1 heteroatoms. The van der Waals surface area contributed by atoms with E-state index in [4.69, 9.17) is 6.42 Å². The van der Waals surface area contributed by atoms with E-state index in [0.29, 0.717) is 0 Å². The average Bonchev–Trinajstić information content (AvgIpc) is 2.06. The van der Waals surface area contributed by atoms with Gasteiger partial charge in [-0.25, -0.2) is 0 Å². The summed E-state index contributed by atoms with van der Waals surface area (Å²) >= 11 is 0. The summed E-state index contributed by atoms with van der Waals surface area (Å²) < 4.78 is 0. The number of nitrogens with one attached hydrogen (secondary N) is 1. The summed E-state index contributed by atoms with van der Waals surface area (Å²) in [7, 11) is 0. The minimum Gasteiger partial charge on any atom is -0.362 e. The molecular weight excluding hydrogens is 134 g/mol. The summed E-state index contributed by atoms with van der Waals surface area (Å²) in [6, 6.07) is 7.61. The van der Waals surface area contributed by atoms with Crippen molar-refractivity contribution in [2.75, 3.05) is 5.32 Å². The van der Waals surface area contributed by atoms with Crippen LogP contribution in [0.4, 0.5) is 5.69 Å². The lowest BCUT2D eigenvalue weighted by Gasteiger charge is -1.98. The van der Waals surface area contributed by atoms with Gasteiger partial charge in [0, 0.05) is 11.3 Å². The highest BCUT2D eigenvalue weighted by atomic mass is 14.8. The standard InChI is InChI=1S/C10H9N/c1-3-9-6-5-7-10(8-9)11-4-2/h1,4-8,11H,2H2. The largest absolute Gasteiger partial charge is 0.362 e. The second-order valence-corrected chi connectivity index (χ2v) is 2.07. The number of benzene rings is 1. The molecule has 11 heavy (non-hydrogen) atoms. The van der Waals surface area contributed by atoms with Crippen LogP contribution in [-0.4, -0.2) is 0 Å². The highest BCUT2D eigenvalue weighted by Crippen LogP contribution is 2.08. The molecule has 0 unspecified atom stereocenters. The van der Waals surface area contributed by atoms with Gasteiger partial charge in [-0.15, -0.1) is 6.42 Å². The molecule has 0 heterocycles. The fourth-order valence-corrected chi connectivity index (χ4v) is 0.817. The molecule has 1 aromatic carbocycles. The van der Waals surface area contributed by atoms with Crippen LogP contribution in [0, 0.1) is 12.3 Å². The Morgan fingerprint density at radius 2 is 2.36 bits per heavy atom. The van der Waals surface area contributed by atoms with Crippen molar-refractivity contribution in [1.82, 2.24) is 0 Å². The Bertz CT molecular complexity index is 294. The predicted molar refractivity (Wildman–Crippen MR) is 48.2 cm³/mol. The minimum atomic E-state index is 0.872. The van der Waals surface area contributed by atoms with Crippen molar-refractivity contribution in [2.45, 2.75) is 0 Å². The molecule has 1 nitrogen and oxygen atoms in total. The maximum atomic E-state index is 5.21. The number of hydrogen-bond acceptors (Lipinski definition) is 1. The average molecular weight is 143 g/mol. The van der Waals surface area contributed by atoms with Gasteiger partial charge in [0.1, 0.15) is 0 Å². The van der Waals surface area contributed by atoms with E-state index < -0.39 is 0 Å². The quantitative estimate of drug-likeness (QED) is 0.626. The van der Waals surface area contributed by atoms with E-state index in [1.165, 1.54) is 0 Å². The molecule has 0 saturated carbocycles. The van der Waals surface area contributed by atoms with E-state index in [9.17, 15) is 0 Å². The minimum absolute atomic E-state index is 0.872. The summed E-state index contributed by atoms with van der Waals surface area (Å²) in [6.07, 6.45) is 6.83. The van der Waals surface area contributed by atoms with Crippen molar-refractivity contribution in [3.63, 3.8) is 0 Å². The molecule has 0 bridgehead atoms. The van der Waals surface area contributed by atoms with Crippen LogP contribution in [-0.2, 0) is 0 Å². The van der Waals surface area contributed by atoms with Crippen LogP contribution in [0.1, 0.15) is 5.56 Å². The summed E-state index contributed by atoms with van der Waals surface area (Å²) in [5.74, 6) is 2.55. The smallest absolute Gasteiger partial charge is 0.0392 e. The molecule has 1 N–H and O–H groups in total. The van der Waals surface area contributed by atoms with Gasteiger partial charge in [-0.1, -0.05) is 18.6 Å². The molecule has 0 aliphatic heterocycles. The number of terminal acetylenes is 1. The van der Waals surface area contributed by atoms with Crippen molar-refractivity contribution in [2.24, 2.45) is 0 Å². The van der Waals surface area contributed by atoms with E-state index in [2.05, 4.69) is 17.8 Å². The fourth-order valence-electron chi connectivity index (χ4n) is 0.817. The Morgan fingerprint density at radius 1 is 1.55 bits per heavy atom. The predicted octanol–water partition coefficient (Wildman–Crippen LogP) is 2.22. The van der Waals surface area contributed by atoms with Gasteiger partial charge in [-0.2, -0.15) is 0 Å². The molecule has 0 fully saturated rings. The lowest BCUT2D eigenvalue weighted by atomic mass is 10.2. The van der Waals surface area contributed by atoms with Gasteiger partial charge < -0.3 is 5.32 Å². The Balaban J connectivity index is 2.93. The molecule has 0 aromatic heterocycles. The van der Waals surface area contributed by atoms with Gasteiger partial charge in [-0.3, -0.25) is 0 Å². The zero-order valence-corrected chi connectivity index (χ0v) is 6.17. The van der Waals surface area contributed by atoms with Gasteiger partial charge in [-0.05, 0) is 24.4 Å². The van der Waals surface area contributed by atoms with Gasteiger partial charge in [0.05, 0.1) is 0 Å². The van der Waals surface area contributed by atoms with E-state index >= 15 is 0 Å². The second kappa shape index (κ2) is 3.48. The van der Waals surface area contributed by atoms with E-state index in [1.54, 1.807) is 6.20 Å². The third-order valence-electron chi connectivity index (χ3n) is 1.30. The van der Waals surface area contributed by atoms with Crippen molar-refractivity contribution < 1.29 is 0 Å². The Kier molecular flexibility index (Phi) is 2.35. The van der Waals surface area contributed by atoms with E-state index in [0.717, 1.165) is 11.3 Å². The number of rotatable bonds is 2. The van der Waals surface area contributed by atoms with Crippen LogP contribution in [0.5, 0.6) is 0 Å². The van der Waals surface area contributed by atoms with Crippen molar-refractivity contribution in [3.8, 4) is 12.3 Å². The molecule has 0 aliphatic rings. The monoisotopic (exact) mass is 143 g/mol. The van der Waals surface area contributed by atoms with Gasteiger partial charge in [0.25, 0.3) is 0 Å². The molecule has 0 aliphatic carbocycles. The Labute approximate surface area is 66.8 Å². The van der Waals surface area contributed by atoms with E-state index in [-0.39, 0.29) is 0 Å². The Hall–Kier alpha value is -1.68. The maximum Gasteiger partial charge on any atom is 0.0392 e. The summed E-state index contributed by atoms with van der Waals surface area (Å²) in [4.78, 5) is 0. The first-order chi connectivity index (χ1) is 5.36. The van der Waals surface area contributed by atoms with Crippen molar-refractivity contribution in [1.29, 1.82) is 0 Å². The maximum absolute atomic E-state index is 5.21. The molecule has 0 radical (unpaired) electrons. The molecule has 54 valence electrons. The van der Waals surface area contributed by atoms with Gasteiger partial charge >= 0.3 is 0 Å². The third kappa shape index (κ3) is 1.87. The molecule has 0 spiro atoms. The van der Waals surface area contributed by atoms with E-state index in [1.807, 2.05) is 24.3 Å². The first kappa shape index (κ1) is 7.43. The zero-order chi connectivity index (χ0) is 8.10. The van der Waals surface area contributed by atoms with Gasteiger partial charge in [0.2, 0.25) is 0 Å².